The molecule has 0 saturated heterocycles. The van der Waals surface area contributed by atoms with Gasteiger partial charge in [0.05, 0.1) is 13.2 Å². The molecule has 3 rings (SSSR count). The number of anilines is 1. The third-order valence-corrected chi connectivity index (χ3v) is 3.66. The lowest BCUT2D eigenvalue weighted by Crippen LogP contribution is -2.12. The second kappa shape index (κ2) is 8.05. The van der Waals surface area contributed by atoms with E-state index in [0.29, 0.717) is 40.7 Å². The molecule has 136 valence electrons. The van der Waals surface area contributed by atoms with Crippen LogP contribution in [0.15, 0.2) is 43.8 Å². The number of amides is 1. The standard InChI is InChI=1S/C17H16BrN3O5/c1-3-23-11-6-5-10(9-13(11)24-4-2)15(22)19-17-21-20-16(26-17)12-7-8-14(18)25-12/h5-9H,3-4H2,1-2H3,(H,19,21,22). The summed E-state index contributed by atoms with van der Waals surface area (Å²) in [6.07, 6.45) is 0. The first-order valence-corrected chi connectivity index (χ1v) is 8.70. The molecule has 0 aliphatic rings. The van der Waals surface area contributed by atoms with Gasteiger partial charge in [0.1, 0.15) is 0 Å². The van der Waals surface area contributed by atoms with E-state index in [9.17, 15) is 4.79 Å². The van der Waals surface area contributed by atoms with E-state index in [1.165, 1.54) is 0 Å². The second-order valence-corrected chi connectivity index (χ2v) is 5.78. The smallest absolute Gasteiger partial charge is 0.322 e. The minimum absolute atomic E-state index is 0.0376. The summed E-state index contributed by atoms with van der Waals surface area (Å²) in [5.41, 5.74) is 0.373. The molecule has 0 aliphatic carbocycles. The number of nitrogens with one attached hydrogen (secondary N) is 1. The van der Waals surface area contributed by atoms with E-state index in [1.54, 1.807) is 30.3 Å². The Labute approximate surface area is 157 Å². The predicted molar refractivity (Wildman–Crippen MR) is 96.4 cm³/mol. The zero-order valence-electron chi connectivity index (χ0n) is 14.1. The maximum absolute atomic E-state index is 12.4. The molecule has 1 aromatic carbocycles. The normalized spacial score (nSPS) is 10.6. The van der Waals surface area contributed by atoms with Crippen molar-refractivity contribution >= 4 is 27.9 Å². The van der Waals surface area contributed by atoms with Gasteiger partial charge >= 0.3 is 6.01 Å². The molecule has 1 amide bonds. The van der Waals surface area contributed by atoms with Crippen molar-refractivity contribution in [1.29, 1.82) is 0 Å². The summed E-state index contributed by atoms with van der Waals surface area (Å²) in [5, 5.41) is 10.2. The van der Waals surface area contributed by atoms with Crippen molar-refractivity contribution in [3.05, 3.63) is 40.6 Å². The summed E-state index contributed by atoms with van der Waals surface area (Å²) in [4.78, 5) is 12.4. The van der Waals surface area contributed by atoms with E-state index in [0.717, 1.165) is 0 Å². The molecule has 0 aliphatic heterocycles. The highest BCUT2D eigenvalue weighted by Gasteiger charge is 2.16. The van der Waals surface area contributed by atoms with Crippen molar-refractivity contribution in [2.75, 3.05) is 18.5 Å². The van der Waals surface area contributed by atoms with Crippen molar-refractivity contribution in [2.45, 2.75) is 13.8 Å². The van der Waals surface area contributed by atoms with Crippen molar-refractivity contribution in [2.24, 2.45) is 0 Å². The van der Waals surface area contributed by atoms with E-state index in [4.69, 9.17) is 18.3 Å². The van der Waals surface area contributed by atoms with Crippen LogP contribution in [0.3, 0.4) is 0 Å². The van der Waals surface area contributed by atoms with Crippen LogP contribution < -0.4 is 14.8 Å². The molecule has 0 unspecified atom stereocenters. The first kappa shape index (κ1) is 18.0. The van der Waals surface area contributed by atoms with Crippen LogP contribution in [-0.4, -0.2) is 29.3 Å². The van der Waals surface area contributed by atoms with Crippen LogP contribution in [0.4, 0.5) is 6.01 Å². The Morgan fingerprint density at radius 3 is 2.54 bits per heavy atom. The van der Waals surface area contributed by atoms with Crippen molar-refractivity contribution in [3.63, 3.8) is 0 Å². The Hall–Kier alpha value is -2.81. The van der Waals surface area contributed by atoms with Gasteiger partial charge in [-0.1, -0.05) is 5.10 Å². The van der Waals surface area contributed by atoms with Gasteiger partial charge in [-0.25, -0.2) is 0 Å². The van der Waals surface area contributed by atoms with E-state index in [1.807, 2.05) is 13.8 Å². The van der Waals surface area contributed by atoms with Crippen LogP contribution in [0.5, 0.6) is 11.5 Å². The number of hydrogen-bond donors (Lipinski definition) is 1. The maximum atomic E-state index is 12.4. The van der Waals surface area contributed by atoms with Gasteiger partial charge in [-0.05, 0) is 60.1 Å². The van der Waals surface area contributed by atoms with Gasteiger partial charge in [0.25, 0.3) is 11.8 Å². The first-order valence-electron chi connectivity index (χ1n) is 7.91. The molecule has 3 aromatic rings. The molecule has 2 heterocycles. The van der Waals surface area contributed by atoms with Crippen LogP contribution >= 0.6 is 15.9 Å². The zero-order chi connectivity index (χ0) is 18.5. The molecule has 0 radical (unpaired) electrons. The first-order chi connectivity index (χ1) is 12.6. The third kappa shape index (κ3) is 4.05. The molecule has 0 bridgehead atoms. The Morgan fingerprint density at radius 2 is 1.85 bits per heavy atom. The third-order valence-electron chi connectivity index (χ3n) is 3.24. The van der Waals surface area contributed by atoms with Crippen LogP contribution in [0.25, 0.3) is 11.7 Å². The van der Waals surface area contributed by atoms with Gasteiger partial charge in [-0.3, -0.25) is 10.1 Å². The lowest BCUT2D eigenvalue weighted by Gasteiger charge is -2.11. The molecule has 0 fully saturated rings. The number of hydrogen-bond acceptors (Lipinski definition) is 7. The zero-order valence-corrected chi connectivity index (χ0v) is 15.7. The van der Waals surface area contributed by atoms with Crippen LogP contribution in [-0.2, 0) is 0 Å². The van der Waals surface area contributed by atoms with E-state index >= 15 is 0 Å². The van der Waals surface area contributed by atoms with Crippen molar-refractivity contribution in [1.82, 2.24) is 10.2 Å². The number of ether oxygens (including phenoxy) is 2. The van der Waals surface area contributed by atoms with E-state index < -0.39 is 5.91 Å². The molecule has 2 aromatic heterocycles. The highest BCUT2D eigenvalue weighted by molar-refractivity contribution is 9.10. The van der Waals surface area contributed by atoms with E-state index in [-0.39, 0.29) is 11.9 Å². The Balaban J connectivity index is 1.75. The second-order valence-electron chi connectivity index (χ2n) is 5.00. The number of carbonyl (C=O) groups excluding carboxylic acids is 1. The minimum atomic E-state index is -0.412. The van der Waals surface area contributed by atoms with Crippen LogP contribution in [0.1, 0.15) is 24.2 Å². The SMILES string of the molecule is CCOc1ccc(C(=O)Nc2nnc(-c3ccc(Br)o3)o2)cc1OCC. The summed E-state index contributed by atoms with van der Waals surface area (Å²) in [6.45, 7) is 4.69. The summed E-state index contributed by atoms with van der Waals surface area (Å²) in [5.74, 6) is 1.21. The summed E-state index contributed by atoms with van der Waals surface area (Å²) < 4.78 is 22.3. The highest BCUT2D eigenvalue weighted by atomic mass is 79.9. The van der Waals surface area contributed by atoms with E-state index in [2.05, 4.69) is 31.4 Å². The van der Waals surface area contributed by atoms with Crippen LogP contribution in [0.2, 0.25) is 0 Å². The number of carbonyl (C=O) groups is 1. The Kier molecular flexibility index (Phi) is 5.57. The average Bonchev–Trinajstić information content (AvgIpc) is 3.25. The number of aromatic nitrogens is 2. The summed E-state index contributed by atoms with van der Waals surface area (Å²) >= 11 is 3.20. The lowest BCUT2D eigenvalue weighted by molar-refractivity contribution is 0.102. The molecular weight excluding hydrogens is 406 g/mol. The number of halogens is 1. The van der Waals surface area contributed by atoms with Crippen LogP contribution in [0, 0.1) is 0 Å². The fourth-order valence-corrected chi connectivity index (χ4v) is 2.47. The molecule has 8 nitrogen and oxygen atoms in total. The fourth-order valence-electron chi connectivity index (χ4n) is 2.16. The van der Waals surface area contributed by atoms with Gasteiger partial charge in [-0.15, -0.1) is 5.10 Å². The van der Waals surface area contributed by atoms with Gasteiger partial charge in [0, 0.05) is 5.56 Å². The molecule has 0 atom stereocenters. The summed E-state index contributed by atoms with van der Waals surface area (Å²) in [6, 6.07) is 8.25. The number of nitrogens with zero attached hydrogens (tertiary/aromatic N) is 2. The molecule has 1 N–H and O–H groups in total. The van der Waals surface area contributed by atoms with Crippen molar-refractivity contribution in [3.8, 4) is 23.1 Å². The molecular formula is C17H16BrN3O5. The quantitative estimate of drug-likeness (QED) is 0.611. The lowest BCUT2D eigenvalue weighted by atomic mass is 10.2. The van der Waals surface area contributed by atoms with Crippen molar-refractivity contribution < 1.29 is 23.1 Å². The maximum Gasteiger partial charge on any atom is 0.322 e. The minimum Gasteiger partial charge on any atom is -0.490 e. The number of rotatable bonds is 7. The summed E-state index contributed by atoms with van der Waals surface area (Å²) in [7, 11) is 0. The Bertz CT molecular complexity index is 905. The van der Waals surface area contributed by atoms with Gasteiger partial charge in [0.15, 0.2) is 21.9 Å². The number of benzene rings is 1. The Morgan fingerprint density at radius 1 is 1.08 bits per heavy atom. The predicted octanol–water partition coefficient (Wildman–Crippen LogP) is 4.14. The molecule has 26 heavy (non-hydrogen) atoms. The molecule has 0 spiro atoms. The van der Waals surface area contributed by atoms with Gasteiger partial charge < -0.3 is 18.3 Å². The van der Waals surface area contributed by atoms with Gasteiger partial charge in [0.2, 0.25) is 0 Å². The molecule has 9 heteroatoms. The fraction of sp³-hybridized carbons (Fsp3) is 0.235. The highest BCUT2D eigenvalue weighted by Crippen LogP contribution is 2.29. The molecule has 0 saturated carbocycles. The average molecular weight is 422 g/mol. The number of furan rings is 1. The van der Waals surface area contributed by atoms with Gasteiger partial charge in [-0.2, -0.15) is 0 Å². The largest absolute Gasteiger partial charge is 0.490 e. The topological polar surface area (TPSA) is 99.6 Å². The monoisotopic (exact) mass is 421 g/mol.